The molecular weight excluding hydrogens is 307 g/mol. The van der Waals surface area contributed by atoms with Crippen molar-refractivity contribution in [2.24, 2.45) is 4.99 Å². The fraction of sp³-hybridized carbons (Fsp3) is 0.300. The lowest BCUT2D eigenvalue weighted by Crippen LogP contribution is -2.15. The predicted molar refractivity (Wildman–Crippen MR) is 70.8 cm³/mol. The molecule has 2 nitrogen and oxygen atoms in total. The number of hydrogen-bond acceptors (Lipinski definition) is 3. The summed E-state index contributed by atoms with van der Waals surface area (Å²) in [6, 6.07) is 8.47. The molecule has 4 heteroatoms. The molecule has 1 heterocycles. The first-order chi connectivity index (χ1) is 6.86. The molecule has 0 bridgehead atoms. The van der Waals surface area contributed by atoms with Crippen molar-refractivity contribution >= 4 is 39.5 Å². The Labute approximate surface area is 102 Å². The minimum Gasteiger partial charge on any atom is -0.363 e. The van der Waals surface area contributed by atoms with Gasteiger partial charge in [-0.25, -0.2) is 0 Å². The highest BCUT2D eigenvalue weighted by Crippen LogP contribution is 2.19. The molecule has 0 aromatic heterocycles. The monoisotopic (exact) mass is 318 g/mol. The second kappa shape index (κ2) is 5.02. The normalized spacial score (nSPS) is 15.1. The Morgan fingerprint density at radius 1 is 1.43 bits per heavy atom. The number of rotatable bonds is 2. The molecule has 1 aromatic rings. The van der Waals surface area contributed by atoms with Crippen LogP contribution in [0.1, 0.15) is 5.56 Å². The molecule has 0 saturated carbocycles. The van der Waals surface area contributed by atoms with Crippen LogP contribution in [-0.2, 0) is 5.75 Å². The molecule has 0 aliphatic carbocycles. The summed E-state index contributed by atoms with van der Waals surface area (Å²) in [5, 5.41) is 4.34. The average Bonchev–Trinajstić information content (AvgIpc) is 2.69. The zero-order valence-electron chi connectivity index (χ0n) is 7.66. The van der Waals surface area contributed by atoms with E-state index in [0.717, 1.165) is 24.0 Å². The number of nitrogens with zero attached hydrogens (tertiary/aromatic N) is 1. The van der Waals surface area contributed by atoms with E-state index in [0.29, 0.717) is 0 Å². The van der Waals surface area contributed by atoms with Gasteiger partial charge in [0.25, 0.3) is 0 Å². The van der Waals surface area contributed by atoms with Crippen molar-refractivity contribution in [3.8, 4) is 0 Å². The SMILES string of the molecule is Ic1ccccc1CSC1=NCCN1. The molecule has 74 valence electrons. The molecule has 0 atom stereocenters. The predicted octanol–water partition coefficient (Wildman–Crippen LogP) is 2.48. The summed E-state index contributed by atoms with van der Waals surface area (Å²) in [5.41, 5.74) is 1.38. The molecule has 1 aliphatic heterocycles. The van der Waals surface area contributed by atoms with Gasteiger partial charge in [-0.15, -0.1) is 0 Å². The van der Waals surface area contributed by atoms with Gasteiger partial charge in [-0.3, -0.25) is 4.99 Å². The Balaban J connectivity index is 1.94. The van der Waals surface area contributed by atoms with Crippen LogP contribution in [0.4, 0.5) is 0 Å². The van der Waals surface area contributed by atoms with Gasteiger partial charge in [0.05, 0.1) is 6.54 Å². The minimum atomic E-state index is 0.925. The topological polar surface area (TPSA) is 24.4 Å². The Morgan fingerprint density at radius 3 is 3.00 bits per heavy atom. The fourth-order valence-corrected chi connectivity index (χ4v) is 3.00. The van der Waals surface area contributed by atoms with Crippen LogP contribution < -0.4 is 5.32 Å². The highest BCUT2D eigenvalue weighted by Gasteiger charge is 2.06. The number of hydrogen-bond donors (Lipinski definition) is 1. The largest absolute Gasteiger partial charge is 0.363 e. The maximum absolute atomic E-state index is 4.35. The Bertz CT molecular complexity index is 352. The van der Waals surface area contributed by atoms with Crippen molar-refractivity contribution in [2.75, 3.05) is 13.1 Å². The van der Waals surface area contributed by atoms with Crippen LogP contribution in [0.15, 0.2) is 29.3 Å². The first-order valence-corrected chi connectivity index (χ1v) is 6.57. The van der Waals surface area contributed by atoms with Gasteiger partial charge < -0.3 is 5.32 Å². The Kier molecular flexibility index (Phi) is 3.69. The van der Waals surface area contributed by atoms with Crippen LogP contribution in [0.3, 0.4) is 0 Å². The third-order valence-corrected chi connectivity index (χ3v) is 4.02. The van der Waals surface area contributed by atoms with Gasteiger partial charge in [-0.05, 0) is 34.2 Å². The zero-order valence-corrected chi connectivity index (χ0v) is 10.6. The summed E-state index contributed by atoms with van der Waals surface area (Å²) in [5.74, 6) is 1.00. The summed E-state index contributed by atoms with van der Waals surface area (Å²) in [6.07, 6.45) is 0. The Hall–Kier alpha value is -0.230. The van der Waals surface area contributed by atoms with Gasteiger partial charge in [0.2, 0.25) is 0 Å². The lowest BCUT2D eigenvalue weighted by molar-refractivity contribution is 0.963. The molecule has 1 N–H and O–H groups in total. The van der Waals surface area contributed by atoms with E-state index < -0.39 is 0 Å². The number of thioether (sulfide) groups is 1. The molecule has 0 fully saturated rings. The van der Waals surface area contributed by atoms with Gasteiger partial charge in [0.1, 0.15) is 0 Å². The number of benzene rings is 1. The molecule has 0 amide bonds. The van der Waals surface area contributed by atoms with Crippen molar-refractivity contribution in [2.45, 2.75) is 5.75 Å². The third-order valence-electron chi connectivity index (χ3n) is 1.97. The van der Waals surface area contributed by atoms with Crippen molar-refractivity contribution in [3.05, 3.63) is 33.4 Å². The quantitative estimate of drug-likeness (QED) is 0.847. The summed E-state index contributed by atoms with van der Waals surface area (Å²) in [7, 11) is 0. The van der Waals surface area contributed by atoms with Gasteiger partial charge in [0.15, 0.2) is 5.17 Å². The molecule has 0 spiro atoms. The number of aliphatic imine (C=N–C) groups is 1. The van der Waals surface area contributed by atoms with E-state index in [1.54, 1.807) is 11.8 Å². The van der Waals surface area contributed by atoms with E-state index in [-0.39, 0.29) is 0 Å². The minimum absolute atomic E-state index is 0.925. The van der Waals surface area contributed by atoms with Crippen molar-refractivity contribution < 1.29 is 0 Å². The molecule has 1 aliphatic rings. The van der Waals surface area contributed by atoms with Crippen molar-refractivity contribution in [3.63, 3.8) is 0 Å². The van der Waals surface area contributed by atoms with Crippen LogP contribution in [0.2, 0.25) is 0 Å². The lowest BCUT2D eigenvalue weighted by Gasteiger charge is -2.04. The maximum Gasteiger partial charge on any atom is 0.157 e. The Morgan fingerprint density at radius 2 is 2.29 bits per heavy atom. The van der Waals surface area contributed by atoms with E-state index in [2.05, 4.69) is 57.2 Å². The molecule has 14 heavy (non-hydrogen) atoms. The lowest BCUT2D eigenvalue weighted by atomic mass is 10.2. The van der Waals surface area contributed by atoms with Crippen LogP contribution in [-0.4, -0.2) is 18.3 Å². The maximum atomic E-state index is 4.35. The van der Waals surface area contributed by atoms with E-state index >= 15 is 0 Å². The van der Waals surface area contributed by atoms with Crippen LogP contribution in [0.25, 0.3) is 0 Å². The number of halogens is 1. The molecular formula is C10H11IN2S. The number of amidine groups is 1. The molecule has 0 saturated heterocycles. The standard InChI is InChI=1S/C10H11IN2S/c11-9-4-2-1-3-8(9)7-14-10-12-5-6-13-10/h1-4H,5-7H2,(H,12,13). The summed E-state index contributed by atoms with van der Waals surface area (Å²) in [4.78, 5) is 4.35. The van der Waals surface area contributed by atoms with Crippen LogP contribution in [0, 0.1) is 3.57 Å². The molecule has 0 radical (unpaired) electrons. The van der Waals surface area contributed by atoms with Gasteiger partial charge in [-0.1, -0.05) is 30.0 Å². The van der Waals surface area contributed by atoms with E-state index in [1.807, 2.05) is 0 Å². The first-order valence-electron chi connectivity index (χ1n) is 4.51. The molecule has 1 aromatic carbocycles. The number of nitrogens with one attached hydrogen (secondary N) is 1. The summed E-state index contributed by atoms with van der Waals surface area (Å²) < 4.78 is 1.33. The zero-order chi connectivity index (χ0) is 9.80. The second-order valence-electron chi connectivity index (χ2n) is 2.99. The smallest absolute Gasteiger partial charge is 0.157 e. The summed E-state index contributed by atoms with van der Waals surface area (Å²) in [6.45, 7) is 1.92. The summed E-state index contributed by atoms with van der Waals surface area (Å²) >= 11 is 4.16. The average molecular weight is 318 g/mol. The first kappa shape index (κ1) is 10.3. The van der Waals surface area contributed by atoms with E-state index in [4.69, 9.17) is 0 Å². The van der Waals surface area contributed by atoms with Crippen molar-refractivity contribution in [1.29, 1.82) is 0 Å². The molecule has 0 unspecified atom stereocenters. The van der Waals surface area contributed by atoms with Crippen molar-refractivity contribution in [1.82, 2.24) is 5.32 Å². The highest BCUT2D eigenvalue weighted by molar-refractivity contribution is 14.1. The highest BCUT2D eigenvalue weighted by atomic mass is 127. The molecule has 2 rings (SSSR count). The van der Waals surface area contributed by atoms with Crippen LogP contribution in [0.5, 0.6) is 0 Å². The fourth-order valence-electron chi connectivity index (χ4n) is 1.23. The van der Waals surface area contributed by atoms with E-state index in [9.17, 15) is 0 Å². The van der Waals surface area contributed by atoms with Gasteiger partial charge in [-0.2, -0.15) is 0 Å². The van der Waals surface area contributed by atoms with Gasteiger partial charge in [0, 0.05) is 15.9 Å². The second-order valence-corrected chi connectivity index (χ2v) is 5.12. The van der Waals surface area contributed by atoms with Gasteiger partial charge >= 0.3 is 0 Å². The third kappa shape index (κ3) is 2.63. The van der Waals surface area contributed by atoms with Crippen LogP contribution >= 0.6 is 34.4 Å². The van der Waals surface area contributed by atoms with E-state index in [1.165, 1.54) is 9.13 Å².